The molecule has 1 aliphatic heterocycles. The van der Waals surface area contributed by atoms with Gasteiger partial charge in [0.1, 0.15) is 0 Å². The number of anilines is 2. The van der Waals surface area contributed by atoms with Crippen LogP contribution in [0.1, 0.15) is 28.4 Å². The molecule has 0 bridgehead atoms. The first-order valence-electron chi connectivity index (χ1n) is 8.25. The van der Waals surface area contributed by atoms with Crippen LogP contribution < -0.4 is 10.2 Å². The lowest BCUT2D eigenvalue weighted by molar-refractivity contribution is -0.129. The molecule has 0 saturated carbocycles. The number of pyridine rings is 1. The van der Waals surface area contributed by atoms with Crippen LogP contribution in [0.4, 0.5) is 11.4 Å². The van der Waals surface area contributed by atoms with E-state index in [-0.39, 0.29) is 11.8 Å². The summed E-state index contributed by atoms with van der Waals surface area (Å²) in [6.45, 7) is 2.70. The third-order valence-corrected chi connectivity index (χ3v) is 4.47. The number of hydrogen-bond donors (Lipinski definition) is 1. The van der Waals surface area contributed by atoms with Crippen LogP contribution in [0.15, 0.2) is 36.7 Å². The minimum Gasteiger partial charge on any atom is -0.378 e. The van der Waals surface area contributed by atoms with Crippen molar-refractivity contribution in [2.45, 2.75) is 19.9 Å². The third kappa shape index (κ3) is 3.63. The van der Waals surface area contributed by atoms with Gasteiger partial charge in [-0.05, 0) is 41.8 Å². The number of nitrogens with zero attached hydrogens (tertiary/aromatic N) is 3. The Morgan fingerprint density at radius 2 is 1.88 bits per heavy atom. The van der Waals surface area contributed by atoms with E-state index < -0.39 is 0 Å². The van der Waals surface area contributed by atoms with E-state index in [1.807, 2.05) is 43.3 Å². The van der Waals surface area contributed by atoms with Crippen LogP contribution in [-0.4, -0.2) is 42.3 Å². The van der Waals surface area contributed by atoms with Gasteiger partial charge < -0.3 is 15.1 Å². The zero-order chi connectivity index (χ0) is 18.0. The average molecular weight is 338 g/mol. The van der Waals surface area contributed by atoms with E-state index in [1.54, 1.807) is 24.2 Å². The highest BCUT2D eigenvalue weighted by molar-refractivity contribution is 6.05. The highest BCUT2D eigenvalue weighted by Gasteiger charge is 2.23. The molecule has 0 spiro atoms. The second-order valence-electron chi connectivity index (χ2n) is 6.41. The Kier molecular flexibility index (Phi) is 4.70. The molecule has 2 aromatic rings. The lowest BCUT2D eigenvalue weighted by atomic mass is 9.96. The van der Waals surface area contributed by atoms with Crippen molar-refractivity contribution in [1.29, 1.82) is 0 Å². The van der Waals surface area contributed by atoms with Crippen molar-refractivity contribution >= 4 is 23.2 Å². The quantitative estimate of drug-likeness (QED) is 0.933. The lowest BCUT2D eigenvalue weighted by Crippen LogP contribution is -2.35. The summed E-state index contributed by atoms with van der Waals surface area (Å²) in [5.41, 5.74) is 4.32. The molecule has 2 amide bonds. The van der Waals surface area contributed by atoms with Gasteiger partial charge >= 0.3 is 0 Å². The molecule has 6 heteroatoms. The minimum atomic E-state index is -0.168. The highest BCUT2D eigenvalue weighted by Crippen LogP contribution is 2.23. The average Bonchev–Trinajstić information content (AvgIpc) is 2.61. The van der Waals surface area contributed by atoms with Gasteiger partial charge in [0.2, 0.25) is 5.91 Å². The molecular formula is C19H22N4O2. The van der Waals surface area contributed by atoms with Crippen molar-refractivity contribution in [1.82, 2.24) is 9.88 Å². The monoisotopic (exact) mass is 338 g/mol. The van der Waals surface area contributed by atoms with Gasteiger partial charge in [0.25, 0.3) is 5.91 Å². The molecule has 0 atom stereocenters. The van der Waals surface area contributed by atoms with E-state index in [1.165, 1.54) is 0 Å². The number of nitrogens with one attached hydrogen (secondary N) is 1. The Morgan fingerprint density at radius 3 is 2.52 bits per heavy atom. The van der Waals surface area contributed by atoms with Gasteiger partial charge in [0.05, 0.1) is 5.56 Å². The molecule has 1 aromatic carbocycles. The molecule has 0 aliphatic carbocycles. The normalized spacial score (nSPS) is 13.2. The number of fused-ring (bicyclic) bond motifs is 1. The molecule has 1 aromatic heterocycles. The number of carbonyl (C=O) groups is 2. The van der Waals surface area contributed by atoms with E-state index >= 15 is 0 Å². The SMILES string of the molecule is CC(=O)N1CCc2c(cncc2C(=O)Nc2ccc(N(C)C)cc2)C1. The van der Waals surface area contributed by atoms with Gasteiger partial charge in [-0.2, -0.15) is 0 Å². The molecule has 1 N–H and O–H groups in total. The summed E-state index contributed by atoms with van der Waals surface area (Å²) in [5.74, 6) is -0.125. The van der Waals surface area contributed by atoms with E-state index in [4.69, 9.17) is 0 Å². The fraction of sp³-hybridized carbons (Fsp3) is 0.316. The molecule has 0 saturated heterocycles. The van der Waals surface area contributed by atoms with Gasteiger partial charge in [0, 0.05) is 57.9 Å². The fourth-order valence-electron chi connectivity index (χ4n) is 3.00. The Labute approximate surface area is 147 Å². The number of hydrogen-bond acceptors (Lipinski definition) is 4. The van der Waals surface area contributed by atoms with Crippen molar-refractivity contribution in [3.8, 4) is 0 Å². The van der Waals surface area contributed by atoms with Gasteiger partial charge in [-0.15, -0.1) is 0 Å². The predicted octanol–water partition coefficient (Wildman–Crippen LogP) is 2.30. The second kappa shape index (κ2) is 6.93. The molecule has 25 heavy (non-hydrogen) atoms. The van der Waals surface area contributed by atoms with Crippen LogP contribution in [0.5, 0.6) is 0 Å². The summed E-state index contributed by atoms with van der Waals surface area (Å²) in [6, 6.07) is 7.68. The first kappa shape index (κ1) is 17.0. The highest BCUT2D eigenvalue weighted by atomic mass is 16.2. The van der Waals surface area contributed by atoms with Crippen molar-refractivity contribution in [3.63, 3.8) is 0 Å². The van der Waals surface area contributed by atoms with E-state index in [0.29, 0.717) is 25.1 Å². The molecule has 0 fully saturated rings. The molecule has 0 radical (unpaired) electrons. The standard InChI is InChI=1S/C19H22N4O2/c1-13(24)23-9-8-17-14(12-23)10-20-11-18(17)19(25)21-15-4-6-16(7-5-15)22(2)3/h4-7,10-11H,8-9,12H2,1-3H3,(H,21,25). The second-order valence-corrected chi connectivity index (χ2v) is 6.41. The van der Waals surface area contributed by atoms with Crippen LogP contribution in [0.2, 0.25) is 0 Å². The molecule has 0 unspecified atom stereocenters. The number of rotatable bonds is 3. The lowest BCUT2D eigenvalue weighted by Gasteiger charge is -2.28. The number of benzene rings is 1. The number of carbonyl (C=O) groups excluding carboxylic acids is 2. The molecular weight excluding hydrogens is 316 g/mol. The van der Waals surface area contributed by atoms with Crippen LogP contribution in [0.3, 0.4) is 0 Å². The van der Waals surface area contributed by atoms with E-state index in [9.17, 15) is 9.59 Å². The minimum absolute atomic E-state index is 0.0430. The summed E-state index contributed by atoms with van der Waals surface area (Å²) in [7, 11) is 3.94. The Balaban J connectivity index is 1.79. The van der Waals surface area contributed by atoms with Crippen molar-refractivity contribution in [3.05, 3.63) is 53.3 Å². The van der Waals surface area contributed by atoms with Crippen LogP contribution in [0.25, 0.3) is 0 Å². The van der Waals surface area contributed by atoms with Gasteiger partial charge in [-0.25, -0.2) is 0 Å². The first-order chi connectivity index (χ1) is 12.0. The fourth-order valence-corrected chi connectivity index (χ4v) is 3.00. The zero-order valence-corrected chi connectivity index (χ0v) is 14.7. The van der Waals surface area contributed by atoms with Crippen molar-refractivity contribution in [2.24, 2.45) is 0 Å². The third-order valence-electron chi connectivity index (χ3n) is 4.47. The van der Waals surface area contributed by atoms with Gasteiger partial charge in [-0.1, -0.05) is 0 Å². The van der Waals surface area contributed by atoms with Gasteiger partial charge in [-0.3, -0.25) is 14.6 Å². The summed E-state index contributed by atoms with van der Waals surface area (Å²) >= 11 is 0. The van der Waals surface area contributed by atoms with Crippen molar-refractivity contribution < 1.29 is 9.59 Å². The molecule has 1 aliphatic rings. The van der Waals surface area contributed by atoms with Crippen LogP contribution in [0, 0.1) is 0 Å². The van der Waals surface area contributed by atoms with E-state index in [2.05, 4.69) is 10.3 Å². The van der Waals surface area contributed by atoms with Crippen molar-refractivity contribution in [2.75, 3.05) is 30.9 Å². The summed E-state index contributed by atoms with van der Waals surface area (Å²) in [6.07, 6.45) is 4.01. The Bertz CT molecular complexity index is 800. The largest absolute Gasteiger partial charge is 0.378 e. The van der Waals surface area contributed by atoms with Crippen LogP contribution in [-0.2, 0) is 17.8 Å². The number of amides is 2. The molecule has 130 valence electrons. The summed E-state index contributed by atoms with van der Waals surface area (Å²) in [5, 5.41) is 2.93. The van der Waals surface area contributed by atoms with Crippen LogP contribution >= 0.6 is 0 Å². The summed E-state index contributed by atoms with van der Waals surface area (Å²) in [4.78, 5) is 32.2. The molecule has 2 heterocycles. The summed E-state index contributed by atoms with van der Waals surface area (Å²) < 4.78 is 0. The molecule has 6 nitrogen and oxygen atoms in total. The maximum absolute atomic E-state index is 12.7. The first-order valence-corrected chi connectivity index (χ1v) is 8.25. The zero-order valence-electron chi connectivity index (χ0n) is 14.7. The Morgan fingerprint density at radius 1 is 1.16 bits per heavy atom. The smallest absolute Gasteiger partial charge is 0.257 e. The predicted molar refractivity (Wildman–Crippen MR) is 97.8 cm³/mol. The van der Waals surface area contributed by atoms with Gasteiger partial charge in [0.15, 0.2) is 0 Å². The Hall–Kier alpha value is -2.89. The topological polar surface area (TPSA) is 65.5 Å². The molecule has 3 rings (SSSR count). The maximum Gasteiger partial charge on any atom is 0.257 e. The maximum atomic E-state index is 12.7. The number of aromatic nitrogens is 1. The van der Waals surface area contributed by atoms with E-state index in [0.717, 1.165) is 22.5 Å².